The molecule has 0 saturated carbocycles. The van der Waals surface area contributed by atoms with Crippen LogP contribution in [-0.4, -0.2) is 57.0 Å². The zero-order chi connectivity index (χ0) is 25.0. The molecule has 1 amide bonds. The van der Waals surface area contributed by atoms with Crippen molar-refractivity contribution in [2.24, 2.45) is 23.5 Å². The number of aliphatic hydroxyl groups is 3. The molecule has 1 spiro atoms. The number of ether oxygens (including phenoxy) is 2. The molecule has 33 heavy (non-hydrogen) atoms. The number of aliphatic hydroxyl groups excluding tert-OH is 2. The number of carbonyl (C=O) groups excluding carboxylic acids is 1. The highest BCUT2D eigenvalue weighted by atomic mass is 16.7. The average Bonchev–Trinajstić information content (AvgIpc) is 2.71. The maximum atomic E-state index is 11.0. The van der Waals surface area contributed by atoms with Gasteiger partial charge in [0, 0.05) is 30.8 Å². The lowest BCUT2D eigenvalue weighted by Gasteiger charge is -2.54. The van der Waals surface area contributed by atoms with Crippen molar-refractivity contribution < 1.29 is 29.6 Å². The SMILES string of the molecule is CCC(/C=C/C(N)=O)=C\CCC(C)(O)CC(C)[C@@H]1C[C@H](O)[C@H](C)C2(C[C@@H](O)[C@H](C)[C@@H](C)O2)O1. The summed E-state index contributed by atoms with van der Waals surface area (Å²) >= 11 is 0. The standard InChI is InChI=1S/C26H45NO6/c1-7-20(10-11-24(27)30)9-8-12-25(6,31)14-16(2)23-13-21(28)18(4)26(33-23)15-22(29)17(3)19(5)32-26/h9-11,16-19,21-23,28-29,31H,7-8,12-15H2,1-6H3,(H2,27,30)/b11-10+,20-9+/t16?,17-,18+,19-,21+,22-,23+,25?,26?/m1/s1. The molecule has 2 rings (SSSR count). The Balaban J connectivity index is 2.03. The minimum atomic E-state index is -1.01. The molecule has 2 heterocycles. The molecule has 2 fully saturated rings. The topological polar surface area (TPSA) is 122 Å². The van der Waals surface area contributed by atoms with E-state index >= 15 is 0 Å². The van der Waals surface area contributed by atoms with Gasteiger partial charge in [0.25, 0.3) is 0 Å². The van der Waals surface area contributed by atoms with E-state index in [1.54, 1.807) is 6.08 Å². The van der Waals surface area contributed by atoms with Crippen molar-refractivity contribution in [2.75, 3.05) is 0 Å². The van der Waals surface area contributed by atoms with E-state index in [0.717, 1.165) is 12.0 Å². The molecule has 190 valence electrons. The highest BCUT2D eigenvalue weighted by Crippen LogP contribution is 2.46. The predicted molar refractivity (Wildman–Crippen MR) is 128 cm³/mol. The van der Waals surface area contributed by atoms with Crippen LogP contribution in [0, 0.1) is 17.8 Å². The first-order chi connectivity index (χ1) is 15.3. The first-order valence-electron chi connectivity index (χ1n) is 12.4. The Labute approximate surface area is 199 Å². The van der Waals surface area contributed by atoms with Crippen LogP contribution in [-0.2, 0) is 14.3 Å². The number of nitrogens with two attached hydrogens (primary N) is 1. The van der Waals surface area contributed by atoms with Crippen molar-refractivity contribution in [3.05, 3.63) is 23.8 Å². The van der Waals surface area contributed by atoms with Crippen LogP contribution < -0.4 is 5.73 Å². The summed E-state index contributed by atoms with van der Waals surface area (Å²) in [5.74, 6) is -1.76. The van der Waals surface area contributed by atoms with Gasteiger partial charge in [-0.25, -0.2) is 0 Å². The third-order valence-corrected chi connectivity index (χ3v) is 7.68. The van der Waals surface area contributed by atoms with Crippen LogP contribution in [0.25, 0.3) is 0 Å². The smallest absolute Gasteiger partial charge is 0.241 e. The van der Waals surface area contributed by atoms with Gasteiger partial charge in [0.05, 0.1) is 30.0 Å². The summed E-state index contributed by atoms with van der Waals surface area (Å²) in [5.41, 5.74) is 5.25. The summed E-state index contributed by atoms with van der Waals surface area (Å²) in [6, 6.07) is 0. The zero-order valence-corrected chi connectivity index (χ0v) is 21.2. The minimum Gasteiger partial charge on any atom is -0.393 e. The average molecular weight is 468 g/mol. The molecular weight excluding hydrogens is 422 g/mol. The molecule has 0 aliphatic carbocycles. The minimum absolute atomic E-state index is 0.000912. The van der Waals surface area contributed by atoms with Crippen molar-refractivity contribution in [2.45, 2.75) is 116 Å². The first-order valence-corrected chi connectivity index (χ1v) is 12.4. The maximum absolute atomic E-state index is 11.0. The zero-order valence-electron chi connectivity index (χ0n) is 21.2. The predicted octanol–water partition coefficient (Wildman–Crippen LogP) is 3.21. The van der Waals surface area contributed by atoms with Crippen molar-refractivity contribution in [3.63, 3.8) is 0 Å². The van der Waals surface area contributed by atoms with Gasteiger partial charge in [0.1, 0.15) is 0 Å². The molecular formula is C26H45NO6. The van der Waals surface area contributed by atoms with E-state index < -0.39 is 29.5 Å². The van der Waals surface area contributed by atoms with E-state index in [1.165, 1.54) is 6.08 Å². The van der Waals surface area contributed by atoms with Crippen LogP contribution in [0.5, 0.6) is 0 Å². The molecule has 0 radical (unpaired) electrons. The Morgan fingerprint density at radius 3 is 2.45 bits per heavy atom. The van der Waals surface area contributed by atoms with Gasteiger partial charge in [-0.1, -0.05) is 45.4 Å². The maximum Gasteiger partial charge on any atom is 0.241 e. The van der Waals surface area contributed by atoms with Crippen molar-refractivity contribution in [3.8, 4) is 0 Å². The van der Waals surface area contributed by atoms with E-state index in [1.807, 2.05) is 47.6 Å². The quantitative estimate of drug-likeness (QED) is 0.305. The van der Waals surface area contributed by atoms with Crippen molar-refractivity contribution in [1.29, 1.82) is 0 Å². The fourth-order valence-corrected chi connectivity index (χ4v) is 5.14. The lowest BCUT2D eigenvalue weighted by molar-refractivity contribution is -0.373. The van der Waals surface area contributed by atoms with Crippen molar-refractivity contribution in [1.82, 2.24) is 0 Å². The summed E-state index contributed by atoms with van der Waals surface area (Å²) in [6.07, 6.45) is 6.81. The van der Waals surface area contributed by atoms with Gasteiger partial charge in [0.2, 0.25) is 5.91 Å². The Bertz CT molecular complexity index is 706. The second-order valence-electron chi connectivity index (χ2n) is 10.6. The van der Waals surface area contributed by atoms with Crippen LogP contribution in [0.3, 0.4) is 0 Å². The Morgan fingerprint density at radius 1 is 1.21 bits per heavy atom. The van der Waals surface area contributed by atoms with Crippen LogP contribution in [0.1, 0.15) is 80.1 Å². The van der Waals surface area contributed by atoms with E-state index in [4.69, 9.17) is 15.2 Å². The fourth-order valence-electron chi connectivity index (χ4n) is 5.14. The number of hydrogen-bond acceptors (Lipinski definition) is 6. The molecule has 5 N–H and O–H groups in total. The molecule has 2 saturated heterocycles. The lowest BCUT2D eigenvalue weighted by atomic mass is 9.76. The van der Waals surface area contributed by atoms with Gasteiger partial charge in [-0.15, -0.1) is 0 Å². The molecule has 2 aliphatic rings. The van der Waals surface area contributed by atoms with Gasteiger partial charge < -0.3 is 30.5 Å². The van der Waals surface area contributed by atoms with Gasteiger partial charge in [-0.05, 0) is 45.4 Å². The second kappa shape index (κ2) is 11.5. The Hall–Kier alpha value is -1.25. The number of amides is 1. The second-order valence-corrected chi connectivity index (χ2v) is 10.6. The summed E-state index contributed by atoms with van der Waals surface area (Å²) in [4.78, 5) is 10.9. The third kappa shape index (κ3) is 7.36. The molecule has 7 heteroatoms. The van der Waals surface area contributed by atoms with Gasteiger partial charge >= 0.3 is 0 Å². The number of hydrogen-bond donors (Lipinski definition) is 4. The van der Waals surface area contributed by atoms with Crippen molar-refractivity contribution >= 4 is 5.91 Å². The number of rotatable bonds is 9. The molecule has 0 aromatic carbocycles. The number of allylic oxidation sites excluding steroid dienone is 3. The first kappa shape index (κ1) is 28.0. The van der Waals surface area contributed by atoms with Crippen LogP contribution in [0.2, 0.25) is 0 Å². The molecule has 0 aromatic rings. The fraction of sp³-hybridized carbons (Fsp3) is 0.808. The summed E-state index contributed by atoms with van der Waals surface area (Å²) < 4.78 is 12.8. The van der Waals surface area contributed by atoms with Crippen LogP contribution >= 0.6 is 0 Å². The largest absolute Gasteiger partial charge is 0.393 e. The normalized spacial score (nSPS) is 38.4. The number of carbonyl (C=O) groups is 1. The summed E-state index contributed by atoms with van der Waals surface area (Å²) in [6.45, 7) is 11.7. The molecule has 9 atom stereocenters. The Kier molecular flexibility index (Phi) is 9.71. The molecule has 2 aliphatic heterocycles. The monoisotopic (exact) mass is 467 g/mol. The van der Waals surface area contributed by atoms with Crippen LogP contribution in [0.15, 0.2) is 23.8 Å². The van der Waals surface area contributed by atoms with E-state index in [9.17, 15) is 20.1 Å². The van der Waals surface area contributed by atoms with E-state index in [0.29, 0.717) is 32.1 Å². The highest BCUT2D eigenvalue weighted by molar-refractivity contribution is 5.86. The third-order valence-electron chi connectivity index (χ3n) is 7.68. The lowest BCUT2D eigenvalue weighted by Crippen LogP contribution is -2.62. The van der Waals surface area contributed by atoms with Gasteiger partial charge in [-0.3, -0.25) is 4.79 Å². The van der Waals surface area contributed by atoms with Gasteiger partial charge in [0.15, 0.2) is 5.79 Å². The molecule has 0 aromatic heterocycles. The van der Waals surface area contributed by atoms with Gasteiger partial charge in [-0.2, -0.15) is 0 Å². The number of primary amides is 1. The Morgan fingerprint density at radius 2 is 1.88 bits per heavy atom. The summed E-state index contributed by atoms with van der Waals surface area (Å²) in [5, 5.41) is 32.5. The summed E-state index contributed by atoms with van der Waals surface area (Å²) in [7, 11) is 0. The highest BCUT2D eigenvalue weighted by Gasteiger charge is 2.54. The molecule has 7 nitrogen and oxygen atoms in total. The van der Waals surface area contributed by atoms with E-state index in [2.05, 4.69) is 0 Å². The molecule has 0 bridgehead atoms. The van der Waals surface area contributed by atoms with Crippen LogP contribution in [0.4, 0.5) is 0 Å². The molecule has 3 unspecified atom stereocenters. The van der Waals surface area contributed by atoms with E-state index in [-0.39, 0.29) is 30.0 Å².